The zero-order chi connectivity index (χ0) is 15.0. The number of hydrogen-bond acceptors (Lipinski definition) is 5. The lowest BCUT2D eigenvalue weighted by molar-refractivity contribution is -0.186. The lowest BCUT2D eigenvalue weighted by Crippen LogP contribution is -2.77. The van der Waals surface area contributed by atoms with Crippen molar-refractivity contribution in [1.29, 1.82) is 0 Å². The van der Waals surface area contributed by atoms with E-state index in [1.165, 1.54) is 0 Å². The van der Waals surface area contributed by atoms with E-state index >= 15 is 0 Å². The minimum atomic E-state index is -0.919. The third-order valence-electron chi connectivity index (χ3n) is 4.91. The van der Waals surface area contributed by atoms with Gasteiger partial charge < -0.3 is 25.2 Å². The molecule has 0 aromatic heterocycles. The van der Waals surface area contributed by atoms with Crippen LogP contribution in [-0.4, -0.2) is 66.6 Å². The van der Waals surface area contributed by atoms with Crippen LogP contribution in [-0.2, 0) is 14.3 Å². The number of nitrogens with two attached hydrogens (primary N) is 1. The highest BCUT2D eigenvalue weighted by atomic mass is 16.5. The maximum atomic E-state index is 12.8. The first-order valence-corrected chi connectivity index (χ1v) is 7.28. The van der Waals surface area contributed by atoms with Crippen LogP contribution < -0.4 is 5.73 Å². The zero-order valence-electron chi connectivity index (χ0n) is 12.6. The van der Waals surface area contributed by atoms with Gasteiger partial charge in [-0.25, -0.2) is 0 Å². The van der Waals surface area contributed by atoms with Crippen molar-refractivity contribution in [3.05, 3.63) is 0 Å². The summed E-state index contributed by atoms with van der Waals surface area (Å²) in [6.07, 6.45) is 0.539. The summed E-state index contributed by atoms with van der Waals surface area (Å²) in [5.74, 6) is -0.0965. The Labute approximate surface area is 120 Å². The monoisotopic (exact) mass is 286 g/mol. The van der Waals surface area contributed by atoms with E-state index in [1.54, 1.807) is 4.90 Å². The number of carbonyl (C=O) groups excluding carboxylic acids is 1. The molecule has 116 valence electrons. The highest BCUT2D eigenvalue weighted by molar-refractivity contribution is 5.89. The van der Waals surface area contributed by atoms with Crippen molar-refractivity contribution in [2.24, 2.45) is 11.1 Å². The fourth-order valence-electron chi connectivity index (χ4n) is 3.13. The van der Waals surface area contributed by atoms with Crippen LogP contribution in [0, 0.1) is 5.41 Å². The zero-order valence-corrected chi connectivity index (χ0v) is 12.6. The molecule has 0 bridgehead atoms. The lowest BCUT2D eigenvalue weighted by Gasteiger charge is -2.59. The van der Waals surface area contributed by atoms with Crippen LogP contribution in [0.15, 0.2) is 0 Å². The molecule has 1 heterocycles. The maximum absolute atomic E-state index is 12.8. The van der Waals surface area contributed by atoms with Gasteiger partial charge in [-0.05, 0) is 6.92 Å². The van der Waals surface area contributed by atoms with Crippen LogP contribution in [0.5, 0.6) is 0 Å². The lowest BCUT2D eigenvalue weighted by atomic mass is 9.54. The number of rotatable bonds is 4. The molecule has 1 saturated carbocycles. The number of aliphatic hydroxyl groups excluding tert-OH is 1. The van der Waals surface area contributed by atoms with Crippen LogP contribution >= 0.6 is 0 Å². The Morgan fingerprint density at radius 1 is 1.55 bits per heavy atom. The highest BCUT2D eigenvalue weighted by Gasteiger charge is 2.64. The van der Waals surface area contributed by atoms with Gasteiger partial charge in [0.2, 0.25) is 5.91 Å². The van der Waals surface area contributed by atoms with Gasteiger partial charge in [0.15, 0.2) is 0 Å². The van der Waals surface area contributed by atoms with Crippen molar-refractivity contribution in [3.8, 4) is 0 Å². The van der Waals surface area contributed by atoms with E-state index in [1.807, 2.05) is 20.8 Å². The summed E-state index contributed by atoms with van der Waals surface area (Å²) in [5.41, 5.74) is 5.08. The average molecular weight is 286 g/mol. The molecule has 1 saturated heterocycles. The first-order valence-electron chi connectivity index (χ1n) is 7.28. The summed E-state index contributed by atoms with van der Waals surface area (Å²) in [4.78, 5) is 14.5. The molecule has 6 heteroatoms. The molecular formula is C14H26N2O4. The number of morpholine rings is 1. The third-order valence-corrected chi connectivity index (χ3v) is 4.91. The van der Waals surface area contributed by atoms with Crippen LogP contribution in [0.1, 0.15) is 27.2 Å². The molecule has 2 aliphatic rings. The van der Waals surface area contributed by atoms with Gasteiger partial charge in [0.1, 0.15) is 5.54 Å². The summed E-state index contributed by atoms with van der Waals surface area (Å²) in [6.45, 7) is 7.76. The Hall–Kier alpha value is -0.690. The molecule has 1 amide bonds. The SMILES string of the molecule is CCOC1CC(N)(C(=O)N2CCOCC2CO)C1(C)C. The summed E-state index contributed by atoms with van der Waals surface area (Å²) < 4.78 is 11.0. The molecule has 0 aromatic rings. The number of hydrogen-bond donors (Lipinski definition) is 2. The summed E-state index contributed by atoms with van der Waals surface area (Å²) in [6, 6.07) is -0.293. The first-order chi connectivity index (χ1) is 9.38. The molecule has 20 heavy (non-hydrogen) atoms. The van der Waals surface area contributed by atoms with Crippen molar-refractivity contribution in [1.82, 2.24) is 4.90 Å². The minimum Gasteiger partial charge on any atom is -0.394 e. The van der Waals surface area contributed by atoms with E-state index in [2.05, 4.69) is 0 Å². The molecule has 2 fully saturated rings. The van der Waals surface area contributed by atoms with E-state index in [0.717, 1.165) is 0 Å². The van der Waals surface area contributed by atoms with Gasteiger partial charge in [0.25, 0.3) is 0 Å². The number of carbonyl (C=O) groups is 1. The second-order valence-electron chi connectivity index (χ2n) is 6.25. The van der Waals surface area contributed by atoms with Gasteiger partial charge in [-0.1, -0.05) is 13.8 Å². The van der Waals surface area contributed by atoms with Gasteiger partial charge in [-0.15, -0.1) is 0 Å². The van der Waals surface area contributed by atoms with Crippen LogP contribution in [0.4, 0.5) is 0 Å². The molecule has 0 radical (unpaired) electrons. The van der Waals surface area contributed by atoms with Crippen LogP contribution in [0.3, 0.4) is 0 Å². The maximum Gasteiger partial charge on any atom is 0.243 e. The Bertz CT molecular complexity index is 374. The molecule has 6 nitrogen and oxygen atoms in total. The van der Waals surface area contributed by atoms with E-state index in [0.29, 0.717) is 32.8 Å². The summed E-state index contributed by atoms with van der Waals surface area (Å²) in [7, 11) is 0. The standard InChI is InChI=1S/C14H26N2O4/c1-4-20-11-7-14(15,13(11,2)3)12(18)16-5-6-19-9-10(16)8-17/h10-11,17H,4-9,15H2,1-3H3. The fraction of sp³-hybridized carbons (Fsp3) is 0.929. The quantitative estimate of drug-likeness (QED) is 0.743. The number of amides is 1. The minimum absolute atomic E-state index is 0.00932. The van der Waals surface area contributed by atoms with Gasteiger partial charge in [0, 0.05) is 25.0 Å². The Morgan fingerprint density at radius 3 is 2.80 bits per heavy atom. The molecule has 0 spiro atoms. The largest absolute Gasteiger partial charge is 0.394 e. The fourth-order valence-corrected chi connectivity index (χ4v) is 3.13. The molecule has 1 aliphatic carbocycles. The van der Waals surface area contributed by atoms with Crippen molar-refractivity contribution < 1.29 is 19.4 Å². The summed E-state index contributed by atoms with van der Waals surface area (Å²) >= 11 is 0. The molecular weight excluding hydrogens is 260 g/mol. The van der Waals surface area contributed by atoms with Crippen molar-refractivity contribution in [2.75, 3.05) is 33.0 Å². The molecule has 3 N–H and O–H groups in total. The molecule has 2 rings (SSSR count). The third kappa shape index (κ3) is 2.24. The van der Waals surface area contributed by atoms with E-state index < -0.39 is 11.0 Å². The first kappa shape index (κ1) is 15.7. The molecule has 0 aromatic carbocycles. The molecule has 3 atom stereocenters. The van der Waals surface area contributed by atoms with Gasteiger partial charge >= 0.3 is 0 Å². The van der Waals surface area contributed by atoms with Crippen LogP contribution in [0.2, 0.25) is 0 Å². The second-order valence-corrected chi connectivity index (χ2v) is 6.25. The second kappa shape index (κ2) is 5.60. The number of ether oxygens (including phenoxy) is 2. The topological polar surface area (TPSA) is 85.0 Å². The predicted molar refractivity (Wildman–Crippen MR) is 74.1 cm³/mol. The Balaban J connectivity index is 2.12. The predicted octanol–water partition coefficient (Wildman–Crippen LogP) is -0.261. The van der Waals surface area contributed by atoms with Crippen molar-refractivity contribution in [3.63, 3.8) is 0 Å². The van der Waals surface area contributed by atoms with Crippen molar-refractivity contribution in [2.45, 2.75) is 44.9 Å². The normalized spacial score (nSPS) is 36.5. The Morgan fingerprint density at radius 2 is 2.25 bits per heavy atom. The van der Waals surface area contributed by atoms with Crippen LogP contribution in [0.25, 0.3) is 0 Å². The number of aliphatic hydroxyl groups is 1. The van der Waals surface area contributed by atoms with Crippen molar-refractivity contribution >= 4 is 5.91 Å². The average Bonchev–Trinajstić information content (AvgIpc) is 2.45. The van der Waals surface area contributed by atoms with Gasteiger partial charge in [0.05, 0.1) is 32.0 Å². The smallest absolute Gasteiger partial charge is 0.243 e. The number of nitrogens with zero attached hydrogens (tertiary/aromatic N) is 1. The molecule has 1 aliphatic heterocycles. The van der Waals surface area contributed by atoms with E-state index in [-0.39, 0.29) is 24.7 Å². The van der Waals surface area contributed by atoms with Gasteiger partial charge in [-0.3, -0.25) is 4.79 Å². The molecule has 3 unspecified atom stereocenters. The summed E-state index contributed by atoms with van der Waals surface area (Å²) in [5, 5.41) is 9.39. The van der Waals surface area contributed by atoms with E-state index in [4.69, 9.17) is 15.2 Å². The highest BCUT2D eigenvalue weighted by Crippen LogP contribution is 2.50. The van der Waals surface area contributed by atoms with E-state index in [9.17, 15) is 9.90 Å². The van der Waals surface area contributed by atoms with Gasteiger partial charge in [-0.2, -0.15) is 0 Å². The Kier molecular flexibility index (Phi) is 4.39.